The maximum Gasteiger partial charge on any atom is 0.282 e. The molecule has 2 fully saturated rings. The first-order valence-corrected chi connectivity index (χ1v) is 12.0. The molecule has 1 saturated carbocycles. The van der Waals surface area contributed by atoms with Gasteiger partial charge >= 0.3 is 0 Å². The van der Waals surface area contributed by atoms with Crippen molar-refractivity contribution in [2.24, 2.45) is 5.92 Å². The van der Waals surface area contributed by atoms with Crippen molar-refractivity contribution in [1.29, 1.82) is 0 Å². The second kappa shape index (κ2) is 8.91. The van der Waals surface area contributed by atoms with E-state index < -0.39 is 10.2 Å². The second-order valence-electron chi connectivity index (χ2n) is 8.41. The van der Waals surface area contributed by atoms with Crippen LogP contribution in [0.2, 0.25) is 0 Å². The highest BCUT2D eigenvalue weighted by Crippen LogP contribution is 2.24. The van der Waals surface area contributed by atoms with Crippen LogP contribution in [0.25, 0.3) is 0 Å². The number of benzene rings is 1. The molecule has 8 heteroatoms. The molecule has 1 amide bonds. The molecule has 4 rings (SSSR count). The van der Waals surface area contributed by atoms with Crippen LogP contribution in [0.1, 0.15) is 54.3 Å². The smallest absolute Gasteiger partial charge is 0.282 e. The quantitative estimate of drug-likeness (QED) is 0.696. The van der Waals surface area contributed by atoms with Crippen LogP contribution >= 0.6 is 0 Å². The number of amides is 1. The Balaban J connectivity index is 1.51. The second-order valence-corrected chi connectivity index (χ2v) is 10.3. The molecule has 1 aromatic carbocycles. The zero-order valence-corrected chi connectivity index (χ0v) is 18.1. The largest absolute Gasteiger partial charge is 0.468 e. The van der Waals surface area contributed by atoms with Gasteiger partial charge in [0.25, 0.3) is 16.1 Å². The lowest BCUT2D eigenvalue weighted by Crippen LogP contribution is -2.47. The predicted molar refractivity (Wildman–Crippen MR) is 114 cm³/mol. The minimum atomic E-state index is -3.64. The number of carbonyl (C=O) groups excluding carboxylic acids is 1. The molecule has 1 aliphatic heterocycles. The van der Waals surface area contributed by atoms with Crippen LogP contribution in [0.5, 0.6) is 0 Å². The molecule has 162 valence electrons. The Hall–Kier alpha value is -2.16. The van der Waals surface area contributed by atoms with E-state index in [0.29, 0.717) is 36.4 Å². The Kier molecular flexibility index (Phi) is 6.26. The number of nitrogens with zero attached hydrogens (tertiary/aromatic N) is 2. The molecular weight excluding hydrogens is 402 g/mol. The molecule has 0 unspecified atom stereocenters. The van der Waals surface area contributed by atoms with E-state index in [-0.39, 0.29) is 19.0 Å². The van der Waals surface area contributed by atoms with E-state index in [2.05, 4.69) is 12.2 Å². The van der Waals surface area contributed by atoms with Gasteiger partial charge in [-0.2, -0.15) is 17.0 Å². The van der Waals surface area contributed by atoms with Crippen LogP contribution < -0.4 is 5.32 Å². The average Bonchev–Trinajstić information content (AvgIpc) is 3.39. The molecule has 1 saturated heterocycles. The molecule has 1 N–H and O–H groups in total. The average molecular weight is 432 g/mol. The van der Waals surface area contributed by atoms with Crippen LogP contribution in [-0.2, 0) is 23.3 Å². The molecule has 30 heavy (non-hydrogen) atoms. The molecule has 7 nitrogen and oxygen atoms in total. The third-order valence-corrected chi connectivity index (χ3v) is 7.57. The van der Waals surface area contributed by atoms with Gasteiger partial charge in [-0.1, -0.05) is 19.1 Å². The van der Waals surface area contributed by atoms with Gasteiger partial charge in [0.2, 0.25) is 0 Å². The van der Waals surface area contributed by atoms with Crippen molar-refractivity contribution in [3.05, 3.63) is 59.5 Å². The summed E-state index contributed by atoms with van der Waals surface area (Å²) in [5.74, 6) is 0.874. The first-order valence-electron chi connectivity index (χ1n) is 10.6. The number of furan rings is 1. The maximum atomic E-state index is 13.4. The van der Waals surface area contributed by atoms with Crippen molar-refractivity contribution in [2.75, 3.05) is 13.1 Å². The lowest BCUT2D eigenvalue weighted by molar-refractivity contribution is 0.0951. The third kappa shape index (κ3) is 5.11. The van der Waals surface area contributed by atoms with Crippen LogP contribution in [0, 0.1) is 5.92 Å². The van der Waals surface area contributed by atoms with Gasteiger partial charge in [0.15, 0.2) is 0 Å². The maximum absolute atomic E-state index is 13.4. The number of hydrogen-bond donors (Lipinski definition) is 1. The van der Waals surface area contributed by atoms with Gasteiger partial charge < -0.3 is 9.73 Å². The van der Waals surface area contributed by atoms with Gasteiger partial charge in [0, 0.05) is 31.2 Å². The Labute approximate surface area is 178 Å². The molecule has 2 heterocycles. The van der Waals surface area contributed by atoms with E-state index in [9.17, 15) is 13.2 Å². The SMILES string of the molecule is C[C@H]1CCCN(S(=O)(=O)N(Cc2ccc(C(=O)NC3CC3)cc2)Cc2ccco2)C1. The fourth-order valence-electron chi connectivity index (χ4n) is 3.78. The van der Waals surface area contributed by atoms with Crippen molar-refractivity contribution >= 4 is 16.1 Å². The third-order valence-electron chi connectivity index (χ3n) is 5.67. The molecule has 0 bridgehead atoms. The normalized spacial score (nSPS) is 20.4. The summed E-state index contributed by atoms with van der Waals surface area (Å²) in [5.41, 5.74) is 1.43. The minimum absolute atomic E-state index is 0.0774. The Morgan fingerprint density at radius 2 is 1.93 bits per heavy atom. The van der Waals surface area contributed by atoms with Crippen molar-refractivity contribution in [2.45, 2.75) is 51.7 Å². The molecule has 0 radical (unpaired) electrons. The highest BCUT2D eigenvalue weighted by Gasteiger charge is 2.33. The first kappa shape index (κ1) is 21.1. The van der Waals surface area contributed by atoms with Crippen LogP contribution in [0.4, 0.5) is 0 Å². The Bertz CT molecular complexity index is 953. The number of nitrogens with one attached hydrogen (secondary N) is 1. The van der Waals surface area contributed by atoms with Crippen molar-refractivity contribution in [3.63, 3.8) is 0 Å². The molecule has 0 spiro atoms. The summed E-state index contributed by atoms with van der Waals surface area (Å²) in [6.45, 7) is 3.56. The van der Waals surface area contributed by atoms with E-state index >= 15 is 0 Å². The van der Waals surface area contributed by atoms with E-state index in [4.69, 9.17) is 4.42 Å². The Morgan fingerprint density at radius 1 is 1.17 bits per heavy atom. The van der Waals surface area contributed by atoms with E-state index in [1.165, 1.54) is 4.31 Å². The van der Waals surface area contributed by atoms with Gasteiger partial charge in [0.05, 0.1) is 12.8 Å². The summed E-state index contributed by atoms with van der Waals surface area (Å²) in [4.78, 5) is 12.2. The summed E-state index contributed by atoms with van der Waals surface area (Å²) in [7, 11) is -3.64. The molecule has 1 aromatic heterocycles. The zero-order chi connectivity index (χ0) is 21.1. The lowest BCUT2D eigenvalue weighted by atomic mass is 10.0. The van der Waals surface area contributed by atoms with Crippen LogP contribution in [-0.4, -0.2) is 42.1 Å². The lowest BCUT2D eigenvalue weighted by Gasteiger charge is -2.34. The van der Waals surface area contributed by atoms with Crippen LogP contribution in [0.3, 0.4) is 0 Å². The highest BCUT2D eigenvalue weighted by atomic mass is 32.2. The molecule has 2 aliphatic rings. The molecular formula is C22H29N3O4S. The number of piperidine rings is 1. The molecule has 1 aliphatic carbocycles. The fraction of sp³-hybridized carbons (Fsp3) is 0.500. The van der Waals surface area contributed by atoms with Gasteiger partial charge in [-0.25, -0.2) is 0 Å². The first-order chi connectivity index (χ1) is 14.4. The van der Waals surface area contributed by atoms with Crippen molar-refractivity contribution in [3.8, 4) is 0 Å². The summed E-state index contributed by atoms with van der Waals surface area (Å²) in [6.07, 6.45) is 5.56. The van der Waals surface area contributed by atoms with E-state index in [0.717, 1.165) is 31.2 Å². The van der Waals surface area contributed by atoms with Crippen molar-refractivity contribution < 1.29 is 17.6 Å². The highest BCUT2D eigenvalue weighted by molar-refractivity contribution is 7.86. The summed E-state index contributed by atoms with van der Waals surface area (Å²) < 4.78 is 35.3. The van der Waals surface area contributed by atoms with E-state index in [1.54, 1.807) is 34.8 Å². The Morgan fingerprint density at radius 3 is 2.57 bits per heavy atom. The number of rotatable bonds is 8. The summed E-state index contributed by atoms with van der Waals surface area (Å²) >= 11 is 0. The number of carbonyl (C=O) groups is 1. The summed E-state index contributed by atoms with van der Waals surface area (Å²) in [5, 5.41) is 2.97. The van der Waals surface area contributed by atoms with Gasteiger partial charge in [-0.3, -0.25) is 4.79 Å². The standard InChI is InChI=1S/C22H29N3O4S/c1-17-4-2-12-24(14-17)30(27,28)25(16-21-5-3-13-29-21)15-18-6-8-19(9-7-18)22(26)23-20-10-11-20/h3,5-9,13,17,20H,2,4,10-12,14-16H2,1H3,(H,23,26)/t17-/m0/s1. The van der Waals surface area contributed by atoms with Gasteiger partial charge in [-0.05, 0) is 61.4 Å². The molecule has 1 atom stereocenters. The van der Waals surface area contributed by atoms with Gasteiger partial charge in [-0.15, -0.1) is 0 Å². The monoisotopic (exact) mass is 431 g/mol. The zero-order valence-electron chi connectivity index (χ0n) is 17.3. The topological polar surface area (TPSA) is 82.9 Å². The molecule has 2 aromatic rings. The number of hydrogen-bond acceptors (Lipinski definition) is 4. The fourth-order valence-corrected chi connectivity index (χ4v) is 5.51. The minimum Gasteiger partial charge on any atom is -0.468 e. The van der Waals surface area contributed by atoms with Gasteiger partial charge in [0.1, 0.15) is 5.76 Å². The summed E-state index contributed by atoms with van der Waals surface area (Å²) in [6, 6.07) is 11.0. The van der Waals surface area contributed by atoms with Crippen molar-refractivity contribution in [1.82, 2.24) is 13.9 Å². The predicted octanol–water partition coefficient (Wildman–Crippen LogP) is 3.15. The van der Waals surface area contributed by atoms with E-state index in [1.807, 2.05) is 12.1 Å². The van der Waals surface area contributed by atoms with Crippen LogP contribution in [0.15, 0.2) is 47.1 Å².